The molecule has 0 aliphatic heterocycles. The van der Waals surface area contributed by atoms with E-state index in [1.165, 1.54) is 19.2 Å². The third kappa shape index (κ3) is 4.42. The van der Waals surface area contributed by atoms with Crippen LogP contribution in [0.25, 0.3) is 0 Å². The fourth-order valence-corrected chi connectivity index (χ4v) is 2.72. The third-order valence-electron chi connectivity index (χ3n) is 2.99. The van der Waals surface area contributed by atoms with Crippen LogP contribution in [0.5, 0.6) is 5.75 Å². The zero-order valence-electron chi connectivity index (χ0n) is 12.6. The van der Waals surface area contributed by atoms with Gasteiger partial charge in [0, 0.05) is 41.4 Å². The summed E-state index contributed by atoms with van der Waals surface area (Å²) < 4.78 is 18.3. The molecule has 118 valence electrons. The van der Waals surface area contributed by atoms with E-state index in [9.17, 15) is 9.18 Å². The second-order valence-corrected chi connectivity index (χ2v) is 5.83. The van der Waals surface area contributed by atoms with Crippen molar-refractivity contribution < 1.29 is 13.9 Å². The van der Waals surface area contributed by atoms with E-state index in [1.54, 1.807) is 17.4 Å². The number of aromatic nitrogens is 1. The Morgan fingerprint density at radius 3 is 2.86 bits per heavy atom. The van der Waals surface area contributed by atoms with Crippen LogP contribution in [0.15, 0.2) is 23.6 Å². The van der Waals surface area contributed by atoms with Crippen LogP contribution in [0, 0.1) is 12.7 Å². The minimum absolute atomic E-state index is 0.117. The molecule has 0 spiro atoms. The summed E-state index contributed by atoms with van der Waals surface area (Å²) in [4.78, 5) is 16.2. The molecule has 0 saturated heterocycles. The summed E-state index contributed by atoms with van der Waals surface area (Å²) in [5.74, 6) is -0.00490. The number of rotatable bonds is 5. The first-order valence-corrected chi connectivity index (χ1v) is 7.67. The quantitative estimate of drug-likeness (QED) is 0.885. The average Bonchev–Trinajstić information content (AvgIpc) is 2.90. The lowest BCUT2D eigenvalue weighted by atomic mass is 10.2. The van der Waals surface area contributed by atoms with E-state index in [0.29, 0.717) is 18.0 Å². The van der Waals surface area contributed by atoms with Gasteiger partial charge >= 0.3 is 6.03 Å². The molecule has 1 aromatic carbocycles. The van der Waals surface area contributed by atoms with Gasteiger partial charge in [0.1, 0.15) is 11.6 Å². The maximum atomic E-state index is 13.3. The number of hydrogen-bond acceptors (Lipinski definition) is 4. The van der Waals surface area contributed by atoms with Crippen LogP contribution in [0.3, 0.4) is 0 Å². The van der Waals surface area contributed by atoms with Gasteiger partial charge in [0.05, 0.1) is 12.1 Å². The topological polar surface area (TPSA) is 63.2 Å². The Morgan fingerprint density at radius 1 is 1.45 bits per heavy atom. The minimum atomic E-state index is -0.471. The molecule has 1 heterocycles. The largest absolute Gasteiger partial charge is 0.497 e. The first kappa shape index (κ1) is 16.2. The second kappa shape index (κ2) is 7.22. The van der Waals surface area contributed by atoms with Crippen LogP contribution in [0.4, 0.5) is 14.9 Å². The van der Waals surface area contributed by atoms with Crippen molar-refractivity contribution in [2.75, 3.05) is 19.0 Å². The van der Waals surface area contributed by atoms with E-state index in [0.717, 1.165) is 10.7 Å². The van der Waals surface area contributed by atoms with E-state index < -0.39 is 11.8 Å². The number of ether oxygens (including phenoxy) is 1. The number of aryl methyl sites for hydroxylation is 1. The van der Waals surface area contributed by atoms with Gasteiger partial charge in [-0.25, -0.2) is 14.2 Å². The van der Waals surface area contributed by atoms with E-state index in [-0.39, 0.29) is 5.92 Å². The van der Waals surface area contributed by atoms with Crippen molar-refractivity contribution in [1.82, 2.24) is 10.3 Å². The number of nitrogens with one attached hydrogen (secondary N) is 2. The molecule has 5 nitrogen and oxygen atoms in total. The standard InChI is InChI=1S/C15H18FN3O2S/c1-9(14-18-10(2)8-22-14)7-17-15(20)19-12-4-11(16)5-13(6-12)21-3/h4-6,8-9H,7H2,1-3H3,(H2,17,19,20)/t9-/m0/s1. The van der Waals surface area contributed by atoms with Crippen molar-refractivity contribution in [1.29, 1.82) is 0 Å². The number of amides is 2. The van der Waals surface area contributed by atoms with Crippen molar-refractivity contribution in [3.05, 3.63) is 40.1 Å². The number of urea groups is 1. The number of carbonyl (C=O) groups is 1. The van der Waals surface area contributed by atoms with E-state index in [2.05, 4.69) is 15.6 Å². The fraction of sp³-hybridized carbons (Fsp3) is 0.333. The van der Waals surface area contributed by atoms with Crippen LogP contribution in [-0.4, -0.2) is 24.7 Å². The second-order valence-electron chi connectivity index (χ2n) is 4.94. The predicted octanol–water partition coefficient (Wildman–Crippen LogP) is 3.52. The minimum Gasteiger partial charge on any atom is -0.497 e. The van der Waals surface area contributed by atoms with Gasteiger partial charge in [0.25, 0.3) is 0 Å². The Bertz CT molecular complexity index is 660. The Hall–Kier alpha value is -2.15. The Labute approximate surface area is 132 Å². The highest BCUT2D eigenvalue weighted by molar-refractivity contribution is 7.09. The van der Waals surface area contributed by atoms with Crippen LogP contribution < -0.4 is 15.4 Å². The highest BCUT2D eigenvalue weighted by Crippen LogP contribution is 2.20. The van der Waals surface area contributed by atoms with Gasteiger partial charge in [-0.3, -0.25) is 0 Å². The van der Waals surface area contributed by atoms with Gasteiger partial charge in [0.15, 0.2) is 0 Å². The van der Waals surface area contributed by atoms with Crippen molar-refractivity contribution in [2.24, 2.45) is 0 Å². The molecule has 0 unspecified atom stereocenters. The summed E-state index contributed by atoms with van der Waals surface area (Å²) in [6, 6.07) is 3.63. The van der Waals surface area contributed by atoms with Crippen LogP contribution in [0.1, 0.15) is 23.5 Å². The number of halogens is 1. The van der Waals surface area contributed by atoms with E-state index in [1.807, 2.05) is 19.2 Å². The Morgan fingerprint density at radius 2 is 2.23 bits per heavy atom. The van der Waals surface area contributed by atoms with Crippen molar-refractivity contribution in [3.8, 4) is 5.75 Å². The molecule has 2 amide bonds. The van der Waals surface area contributed by atoms with Gasteiger partial charge in [0.2, 0.25) is 0 Å². The molecule has 0 bridgehead atoms. The summed E-state index contributed by atoms with van der Waals surface area (Å²) in [7, 11) is 1.44. The third-order valence-corrected chi connectivity index (χ3v) is 4.19. The molecular weight excluding hydrogens is 305 g/mol. The molecule has 2 N–H and O–H groups in total. The molecule has 7 heteroatoms. The fourth-order valence-electron chi connectivity index (χ4n) is 1.86. The lowest BCUT2D eigenvalue weighted by Crippen LogP contribution is -2.31. The number of nitrogens with zero attached hydrogens (tertiary/aromatic N) is 1. The van der Waals surface area contributed by atoms with Crippen molar-refractivity contribution in [2.45, 2.75) is 19.8 Å². The number of methoxy groups -OCH3 is 1. The molecule has 2 rings (SSSR count). The number of anilines is 1. The van der Waals surface area contributed by atoms with Crippen LogP contribution >= 0.6 is 11.3 Å². The molecule has 0 aliphatic rings. The van der Waals surface area contributed by atoms with E-state index >= 15 is 0 Å². The van der Waals surface area contributed by atoms with E-state index in [4.69, 9.17) is 4.74 Å². The number of carbonyl (C=O) groups excluding carboxylic acids is 1. The SMILES string of the molecule is COc1cc(F)cc(NC(=O)NC[C@H](C)c2nc(C)cs2)c1. The predicted molar refractivity (Wildman–Crippen MR) is 85.2 cm³/mol. The maximum absolute atomic E-state index is 13.3. The monoisotopic (exact) mass is 323 g/mol. The van der Waals surface area contributed by atoms with Crippen LogP contribution in [0.2, 0.25) is 0 Å². The zero-order chi connectivity index (χ0) is 16.1. The molecule has 0 fully saturated rings. The molecule has 1 atom stereocenters. The van der Waals surface area contributed by atoms with Crippen molar-refractivity contribution in [3.63, 3.8) is 0 Å². The molecule has 22 heavy (non-hydrogen) atoms. The lowest BCUT2D eigenvalue weighted by molar-refractivity contribution is 0.251. The van der Waals surface area contributed by atoms with Gasteiger partial charge in [-0.15, -0.1) is 11.3 Å². The smallest absolute Gasteiger partial charge is 0.319 e. The summed E-state index contributed by atoms with van der Waals surface area (Å²) in [5, 5.41) is 8.29. The first-order valence-electron chi connectivity index (χ1n) is 6.79. The zero-order valence-corrected chi connectivity index (χ0v) is 13.5. The van der Waals surface area contributed by atoms with Gasteiger partial charge in [-0.1, -0.05) is 6.92 Å². The normalized spacial score (nSPS) is 11.8. The number of thiazole rings is 1. The number of hydrogen-bond donors (Lipinski definition) is 2. The highest BCUT2D eigenvalue weighted by Gasteiger charge is 2.11. The van der Waals surface area contributed by atoms with Gasteiger partial charge in [-0.05, 0) is 13.0 Å². The van der Waals surface area contributed by atoms with Gasteiger partial charge < -0.3 is 15.4 Å². The van der Waals surface area contributed by atoms with Crippen molar-refractivity contribution >= 4 is 23.1 Å². The number of benzene rings is 1. The lowest BCUT2D eigenvalue weighted by Gasteiger charge is -2.12. The summed E-state index contributed by atoms with van der Waals surface area (Å²) in [6.45, 7) is 4.37. The first-order chi connectivity index (χ1) is 10.5. The van der Waals surface area contributed by atoms with Gasteiger partial charge in [-0.2, -0.15) is 0 Å². The molecule has 1 aromatic heterocycles. The highest BCUT2D eigenvalue weighted by atomic mass is 32.1. The Kier molecular flexibility index (Phi) is 5.32. The Balaban J connectivity index is 1.89. The van der Waals surface area contributed by atoms with Crippen LogP contribution in [-0.2, 0) is 0 Å². The summed E-state index contributed by atoms with van der Waals surface area (Å²) in [6.07, 6.45) is 0. The molecule has 2 aromatic rings. The molecular formula is C15H18FN3O2S. The summed E-state index contributed by atoms with van der Waals surface area (Å²) >= 11 is 1.57. The molecule has 0 radical (unpaired) electrons. The molecule has 0 saturated carbocycles. The summed E-state index contributed by atoms with van der Waals surface area (Å²) in [5.41, 5.74) is 1.32. The maximum Gasteiger partial charge on any atom is 0.319 e. The average molecular weight is 323 g/mol. The molecule has 0 aliphatic carbocycles.